The van der Waals surface area contributed by atoms with E-state index in [1.807, 2.05) is 0 Å². The lowest BCUT2D eigenvalue weighted by Crippen LogP contribution is -2.62. The highest BCUT2D eigenvalue weighted by molar-refractivity contribution is 5.25. The van der Waals surface area contributed by atoms with E-state index in [1.165, 1.54) is 5.56 Å². The van der Waals surface area contributed by atoms with Crippen LogP contribution in [0.3, 0.4) is 0 Å². The molecule has 2 rings (SSSR count). The first-order chi connectivity index (χ1) is 10.1. The van der Waals surface area contributed by atoms with Crippen molar-refractivity contribution >= 4 is 0 Å². The van der Waals surface area contributed by atoms with Crippen LogP contribution in [0.15, 0.2) is 30.3 Å². The van der Waals surface area contributed by atoms with Crippen molar-refractivity contribution < 1.29 is 4.74 Å². The summed E-state index contributed by atoms with van der Waals surface area (Å²) in [5, 5.41) is 3.79. The molecule has 118 valence electrons. The zero-order chi connectivity index (χ0) is 15.3. The molecule has 0 amide bonds. The monoisotopic (exact) mass is 290 g/mol. The van der Waals surface area contributed by atoms with E-state index in [4.69, 9.17) is 4.74 Å². The molecule has 3 heteroatoms. The number of nitrogens with one attached hydrogen (secondary N) is 1. The highest BCUT2D eigenvalue weighted by atomic mass is 16.5. The fourth-order valence-corrected chi connectivity index (χ4v) is 3.35. The molecule has 0 saturated carbocycles. The maximum atomic E-state index is 5.22. The molecule has 0 spiro atoms. The second-order valence-electron chi connectivity index (χ2n) is 6.71. The quantitative estimate of drug-likeness (QED) is 0.815. The van der Waals surface area contributed by atoms with E-state index in [1.54, 1.807) is 7.11 Å². The standard InChI is InChI=1S/C18H30N2O/c1-15(2)17-13-19-18(3,16-9-6-5-7-10-16)14-20(17)11-8-12-21-4/h5-7,9-10,15,17,19H,8,11-14H2,1-4H3. The Labute approximate surface area is 129 Å². The second-order valence-corrected chi connectivity index (χ2v) is 6.71. The lowest BCUT2D eigenvalue weighted by Gasteiger charge is -2.48. The first-order valence-electron chi connectivity index (χ1n) is 8.10. The molecule has 1 aliphatic heterocycles. The number of hydrogen-bond acceptors (Lipinski definition) is 3. The second kappa shape index (κ2) is 7.39. The largest absolute Gasteiger partial charge is 0.385 e. The number of nitrogens with zero attached hydrogens (tertiary/aromatic N) is 1. The Morgan fingerprint density at radius 3 is 2.67 bits per heavy atom. The van der Waals surface area contributed by atoms with E-state index in [0.717, 1.165) is 32.7 Å². The van der Waals surface area contributed by atoms with Crippen LogP contribution in [-0.2, 0) is 10.3 Å². The van der Waals surface area contributed by atoms with Crippen molar-refractivity contribution in [3.05, 3.63) is 35.9 Å². The number of rotatable bonds is 6. The number of methoxy groups -OCH3 is 1. The van der Waals surface area contributed by atoms with E-state index in [9.17, 15) is 0 Å². The smallest absolute Gasteiger partial charge is 0.0535 e. The third-order valence-corrected chi connectivity index (χ3v) is 4.66. The van der Waals surface area contributed by atoms with Gasteiger partial charge in [-0.05, 0) is 24.8 Å². The molecule has 1 heterocycles. The van der Waals surface area contributed by atoms with Crippen molar-refractivity contribution in [2.45, 2.75) is 38.8 Å². The Balaban J connectivity index is 2.10. The fraction of sp³-hybridized carbons (Fsp3) is 0.667. The van der Waals surface area contributed by atoms with Gasteiger partial charge in [-0.2, -0.15) is 0 Å². The minimum atomic E-state index is 0.0414. The summed E-state index contributed by atoms with van der Waals surface area (Å²) in [5.41, 5.74) is 1.42. The van der Waals surface area contributed by atoms with Gasteiger partial charge in [-0.25, -0.2) is 0 Å². The Hall–Kier alpha value is -0.900. The summed E-state index contributed by atoms with van der Waals surface area (Å²) in [6, 6.07) is 11.4. The summed E-state index contributed by atoms with van der Waals surface area (Å²) in [4.78, 5) is 2.65. The van der Waals surface area contributed by atoms with E-state index >= 15 is 0 Å². The molecule has 1 aromatic carbocycles. The molecule has 0 bridgehead atoms. The lowest BCUT2D eigenvalue weighted by atomic mass is 9.86. The van der Waals surface area contributed by atoms with E-state index in [2.05, 4.69) is 61.3 Å². The predicted octanol–water partition coefficient (Wildman–Crippen LogP) is 2.87. The first-order valence-corrected chi connectivity index (χ1v) is 8.10. The highest BCUT2D eigenvalue weighted by Gasteiger charge is 2.37. The van der Waals surface area contributed by atoms with Gasteiger partial charge in [0.2, 0.25) is 0 Å². The summed E-state index contributed by atoms with van der Waals surface area (Å²) in [5.74, 6) is 0.667. The SMILES string of the molecule is COCCCN1CC(C)(c2ccccc2)NCC1C(C)C. The van der Waals surface area contributed by atoms with Crippen LogP contribution in [-0.4, -0.2) is 44.3 Å². The molecule has 1 aliphatic rings. The number of benzene rings is 1. The van der Waals surface area contributed by atoms with Gasteiger partial charge < -0.3 is 10.1 Å². The van der Waals surface area contributed by atoms with Gasteiger partial charge in [-0.3, -0.25) is 4.90 Å². The van der Waals surface area contributed by atoms with Crippen molar-refractivity contribution in [1.82, 2.24) is 10.2 Å². The average molecular weight is 290 g/mol. The number of hydrogen-bond donors (Lipinski definition) is 1. The van der Waals surface area contributed by atoms with Crippen LogP contribution in [0.2, 0.25) is 0 Å². The van der Waals surface area contributed by atoms with E-state index in [0.29, 0.717) is 12.0 Å². The van der Waals surface area contributed by atoms with Gasteiger partial charge in [0.25, 0.3) is 0 Å². The van der Waals surface area contributed by atoms with Gasteiger partial charge in [-0.15, -0.1) is 0 Å². The molecule has 3 nitrogen and oxygen atoms in total. The lowest BCUT2D eigenvalue weighted by molar-refractivity contribution is 0.0526. The van der Waals surface area contributed by atoms with Crippen LogP contribution in [0.4, 0.5) is 0 Å². The van der Waals surface area contributed by atoms with E-state index < -0.39 is 0 Å². The van der Waals surface area contributed by atoms with Crippen LogP contribution in [0.5, 0.6) is 0 Å². The van der Waals surface area contributed by atoms with Crippen LogP contribution in [0.25, 0.3) is 0 Å². The van der Waals surface area contributed by atoms with Gasteiger partial charge in [0.15, 0.2) is 0 Å². The van der Waals surface area contributed by atoms with Crippen molar-refractivity contribution in [2.24, 2.45) is 5.92 Å². The van der Waals surface area contributed by atoms with Crippen molar-refractivity contribution in [3.63, 3.8) is 0 Å². The van der Waals surface area contributed by atoms with Crippen LogP contribution >= 0.6 is 0 Å². The number of ether oxygens (including phenoxy) is 1. The maximum Gasteiger partial charge on any atom is 0.0535 e. The Morgan fingerprint density at radius 2 is 2.05 bits per heavy atom. The summed E-state index contributed by atoms with van der Waals surface area (Å²) in [7, 11) is 1.78. The fourth-order valence-electron chi connectivity index (χ4n) is 3.35. The minimum absolute atomic E-state index is 0.0414. The third-order valence-electron chi connectivity index (χ3n) is 4.66. The topological polar surface area (TPSA) is 24.5 Å². The van der Waals surface area contributed by atoms with Crippen molar-refractivity contribution in [2.75, 3.05) is 33.4 Å². The van der Waals surface area contributed by atoms with Gasteiger partial charge in [-0.1, -0.05) is 44.2 Å². The summed E-state index contributed by atoms with van der Waals surface area (Å²) in [6.45, 7) is 11.0. The Bertz CT molecular complexity index is 420. The first kappa shape index (κ1) is 16.5. The van der Waals surface area contributed by atoms with Crippen LogP contribution < -0.4 is 5.32 Å². The zero-order valence-electron chi connectivity index (χ0n) is 13.9. The van der Waals surface area contributed by atoms with Gasteiger partial charge in [0.1, 0.15) is 0 Å². The molecule has 2 atom stereocenters. The molecular formula is C18H30N2O. The molecule has 1 fully saturated rings. The zero-order valence-corrected chi connectivity index (χ0v) is 13.9. The molecule has 1 aromatic rings. The van der Waals surface area contributed by atoms with E-state index in [-0.39, 0.29) is 5.54 Å². The third kappa shape index (κ3) is 4.06. The summed E-state index contributed by atoms with van der Waals surface area (Å²) < 4.78 is 5.22. The molecule has 1 N–H and O–H groups in total. The maximum absolute atomic E-state index is 5.22. The highest BCUT2D eigenvalue weighted by Crippen LogP contribution is 2.28. The molecule has 1 saturated heterocycles. The minimum Gasteiger partial charge on any atom is -0.385 e. The number of piperazine rings is 1. The normalized spacial score (nSPS) is 27.2. The Morgan fingerprint density at radius 1 is 1.33 bits per heavy atom. The van der Waals surface area contributed by atoms with Crippen LogP contribution in [0.1, 0.15) is 32.8 Å². The van der Waals surface area contributed by atoms with Crippen molar-refractivity contribution in [3.8, 4) is 0 Å². The van der Waals surface area contributed by atoms with Crippen LogP contribution in [0, 0.1) is 5.92 Å². The summed E-state index contributed by atoms with van der Waals surface area (Å²) in [6.07, 6.45) is 1.10. The Kier molecular flexibility index (Phi) is 5.80. The van der Waals surface area contributed by atoms with Gasteiger partial charge in [0.05, 0.1) is 5.54 Å². The molecule has 2 unspecified atom stereocenters. The molecule has 0 aliphatic carbocycles. The molecule has 0 radical (unpaired) electrons. The molecule has 0 aromatic heterocycles. The van der Waals surface area contributed by atoms with Gasteiger partial charge >= 0.3 is 0 Å². The summed E-state index contributed by atoms with van der Waals surface area (Å²) >= 11 is 0. The average Bonchev–Trinajstić information content (AvgIpc) is 2.48. The predicted molar refractivity (Wildman–Crippen MR) is 88.5 cm³/mol. The molecule has 21 heavy (non-hydrogen) atoms. The molecular weight excluding hydrogens is 260 g/mol. The van der Waals surface area contributed by atoms with Crippen molar-refractivity contribution in [1.29, 1.82) is 0 Å². The van der Waals surface area contributed by atoms with Gasteiger partial charge in [0, 0.05) is 39.4 Å².